The average Bonchev–Trinajstić information content (AvgIpc) is 3.42. The molecule has 6 nitrogen and oxygen atoms in total. The minimum atomic E-state index is -0.669. The SMILES string of the molecule is Cc1ccc(C2=NN(C(=N)S[C@@H]3CC(=O)N(c4ccc(Br)cc4)C3=O)[C@H](c3ccc(Br)cc3)C2)cc1. The molecule has 3 aromatic carbocycles. The highest BCUT2D eigenvalue weighted by Crippen LogP contribution is 2.38. The molecule has 182 valence electrons. The number of nitrogens with one attached hydrogen (secondary N) is 1. The molecule has 1 fully saturated rings. The van der Waals surface area contributed by atoms with E-state index in [-0.39, 0.29) is 29.4 Å². The molecule has 0 radical (unpaired) electrons. The number of hydrogen-bond acceptors (Lipinski definition) is 5. The second-order valence-corrected chi connectivity index (χ2v) is 11.7. The fraction of sp³-hybridized carbons (Fsp3) is 0.185. The van der Waals surface area contributed by atoms with E-state index in [0.29, 0.717) is 12.1 Å². The zero-order chi connectivity index (χ0) is 25.4. The fourth-order valence-electron chi connectivity index (χ4n) is 4.31. The van der Waals surface area contributed by atoms with Gasteiger partial charge in [-0.05, 0) is 54.4 Å². The van der Waals surface area contributed by atoms with Gasteiger partial charge in [0.1, 0.15) is 5.25 Å². The smallest absolute Gasteiger partial charge is 0.247 e. The number of imide groups is 1. The molecule has 2 heterocycles. The zero-order valence-electron chi connectivity index (χ0n) is 19.3. The lowest BCUT2D eigenvalue weighted by molar-refractivity contribution is -0.121. The monoisotopic (exact) mass is 624 g/mol. The molecule has 5 rings (SSSR count). The maximum Gasteiger partial charge on any atom is 0.247 e. The van der Waals surface area contributed by atoms with Crippen molar-refractivity contribution in [3.8, 4) is 0 Å². The second-order valence-electron chi connectivity index (χ2n) is 8.69. The molecule has 0 saturated carbocycles. The number of hydrazone groups is 1. The highest BCUT2D eigenvalue weighted by molar-refractivity contribution is 9.10. The van der Waals surface area contributed by atoms with Crippen molar-refractivity contribution in [2.75, 3.05) is 4.90 Å². The number of thioether (sulfide) groups is 1. The molecule has 0 aromatic heterocycles. The summed E-state index contributed by atoms with van der Waals surface area (Å²) >= 11 is 7.96. The average molecular weight is 626 g/mol. The molecular weight excluding hydrogens is 604 g/mol. The molecule has 2 aliphatic heterocycles. The number of anilines is 1. The van der Waals surface area contributed by atoms with Crippen molar-refractivity contribution in [3.63, 3.8) is 0 Å². The lowest BCUT2D eigenvalue weighted by Gasteiger charge is -2.24. The van der Waals surface area contributed by atoms with Gasteiger partial charge in [-0.15, -0.1) is 0 Å². The maximum absolute atomic E-state index is 13.2. The summed E-state index contributed by atoms with van der Waals surface area (Å²) < 4.78 is 1.84. The van der Waals surface area contributed by atoms with Crippen LogP contribution in [-0.2, 0) is 9.59 Å². The Kier molecular flexibility index (Phi) is 7.14. The van der Waals surface area contributed by atoms with Gasteiger partial charge in [0.05, 0.1) is 17.4 Å². The number of amidine groups is 1. The number of halogens is 2. The number of aryl methyl sites for hydroxylation is 1. The van der Waals surface area contributed by atoms with Gasteiger partial charge >= 0.3 is 0 Å². The first-order chi connectivity index (χ1) is 17.3. The van der Waals surface area contributed by atoms with Crippen LogP contribution < -0.4 is 4.90 Å². The van der Waals surface area contributed by atoms with Crippen molar-refractivity contribution >= 4 is 72.0 Å². The molecule has 0 unspecified atom stereocenters. The van der Waals surface area contributed by atoms with Gasteiger partial charge in [-0.25, -0.2) is 9.91 Å². The topological polar surface area (TPSA) is 76.8 Å². The molecule has 1 N–H and O–H groups in total. The van der Waals surface area contributed by atoms with Gasteiger partial charge in [-0.3, -0.25) is 15.0 Å². The Bertz CT molecular complexity index is 1360. The van der Waals surface area contributed by atoms with Crippen molar-refractivity contribution in [3.05, 3.63) is 98.4 Å². The quantitative estimate of drug-likeness (QED) is 0.200. The number of benzene rings is 3. The van der Waals surface area contributed by atoms with Crippen molar-refractivity contribution in [1.29, 1.82) is 5.41 Å². The van der Waals surface area contributed by atoms with Gasteiger partial charge in [0.2, 0.25) is 11.8 Å². The minimum Gasteiger partial charge on any atom is -0.277 e. The van der Waals surface area contributed by atoms with Crippen molar-refractivity contribution < 1.29 is 9.59 Å². The van der Waals surface area contributed by atoms with Crippen molar-refractivity contribution in [2.45, 2.75) is 31.1 Å². The van der Waals surface area contributed by atoms with Gasteiger partial charge in [0, 0.05) is 21.8 Å². The van der Waals surface area contributed by atoms with E-state index in [1.165, 1.54) is 10.5 Å². The standard InChI is InChI=1S/C27H22Br2N4O2S/c1-16-2-4-17(5-3-16)22-14-23(18-6-8-19(28)9-7-18)33(31-22)27(30)36-24-15-25(34)32(26(24)35)21-12-10-20(29)11-13-21/h2-13,23-24,30H,14-15H2,1H3/t23-,24+/m0/s1. The molecule has 2 atom stereocenters. The summed E-state index contributed by atoms with van der Waals surface area (Å²) in [5.74, 6) is -0.568. The van der Waals surface area contributed by atoms with Crippen LogP contribution in [0.5, 0.6) is 0 Å². The molecule has 3 aromatic rings. The predicted octanol–water partition coefficient (Wildman–Crippen LogP) is 6.67. The van der Waals surface area contributed by atoms with E-state index < -0.39 is 5.25 Å². The molecule has 0 bridgehead atoms. The Morgan fingerprint density at radius 1 is 0.917 bits per heavy atom. The lowest BCUT2D eigenvalue weighted by Crippen LogP contribution is -2.32. The van der Waals surface area contributed by atoms with Crippen LogP contribution >= 0.6 is 43.6 Å². The molecule has 2 amide bonds. The highest BCUT2D eigenvalue weighted by Gasteiger charge is 2.42. The van der Waals surface area contributed by atoms with Gasteiger partial charge in [-0.2, -0.15) is 5.10 Å². The van der Waals surface area contributed by atoms with Crippen LogP contribution in [0.2, 0.25) is 0 Å². The van der Waals surface area contributed by atoms with Crippen LogP contribution in [0, 0.1) is 12.3 Å². The molecular formula is C27H22Br2N4O2S. The third kappa shape index (κ3) is 5.05. The molecule has 0 spiro atoms. The van der Waals surface area contributed by atoms with E-state index in [0.717, 1.165) is 37.5 Å². The largest absolute Gasteiger partial charge is 0.277 e. The highest BCUT2D eigenvalue weighted by atomic mass is 79.9. The summed E-state index contributed by atoms with van der Waals surface area (Å²) in [6.07, 6.45) is 0.684. The number of hydrogen-bond donors (Lipinski definition) is 1. The molecule has 2 aliphatic rings. The Morgan fingerprint density at radius 3 is 2.17 bits per heavy atom. The summed E-state index contributed by atoms with van der Waals surface area (Å²) in [6.45, 7) is 2.04. The number of carbonyl (C=O) groups excluding carboxylic acids is 2. The first kappa shape index (κ1) is 24.9. The number of rotatable bonds is 4. The normalized spacial score (nSPS) is 19.7. The van der Waals surface area contributed by atoms with Crippen LogP contribution in [0.3, 0.4) is 0 Å². The van der Waals surface area contributed by atoms with Gasteiger partial charge < -0.3 is 0 Å². The van der Waals surface area contributed by atoms with E-state index in [1.807, 2.05) is 43.3 Å². The molecule has 9 heteroatoms. The maximum atomic E-state index is 13.2. The lowest BCUT2D eigenvalue weighted by atomic mass is 9.98. The third-order valence-corrected chi connectivity index (χ3v) is 8.32. The number of amides is 2. The number of carbonyl (C=O) groups is 2. The van der Waals surface area contributed by atoms with E-state index in [9.17, 15) is 9.59 Å². The van der Waals surface area contributed by atoms with Crippen molar-refractivity contribution in [2.24, 2.45) is 5.10 Å². The minimum absolute atomic E-state index is 0.0489. The van der Waals surface area contributed by atoms with Crippen LogP contribution in [0.4, 0.5) is 5.69 Å². The first-order valence-electron chi connectivity index (χ1n) is 11.4. The second kappa shape index (κ2) is 10.3. The molecule has 1 saturated heterocycles. The van der Waals surface area contributed by atoms with E-state index in [1.54, 1.807) is 29.3 Å². The zero-order valence-corrected chi connectivity index (χ0v) is 23.3. The Balaban J connectivity index is 1.39. The summed E-state index contributed by atoms with van der Waals surface area (Å²) in [5.41, 5.74) is 4.63. The van der Waals surface area contributed by atoms with Crippen LogP contribution in [-0.4, -0.2) is 33.0 Å². The summed E-state index contributed by atoms with van der Waals surface area (Å²) in [6, 6.07) is 23.1. The molecule has 36 heavy (non-hydrogen) atoms. The fourth-order valence-corrected chi connectivity index (χ4v) is 5.82. The van der Waals surface area contributed by atoms with E-state index >= 15 is 0 Å². The predicted molar refractivity (Wildman–Crippen MR) is 151 cm³/mol. The van der Waals surface area contributed by atoms with Gasteiger partial charge in [0.15, 0.2) is 5.17 Å². The van der Waals surface area contributed by atoms with E-state index in [4.69, 9.17) is 10.5 Å². The summed E-state index contributed by atoms with van der Waals surface area (Å²) in [4.78, 5) is 27.1. The van der Waals surface area contributed by atoms with Gasteiger partial charge in [0.25, 0.3) is 0 Å². The van der Waals surface area contributed by atoms with E-state index in [2.05, 4.69) is 44.0 Å². The Morgan fingerprint density at radius 2 is 1.53 bits per heavy atom. The first-order valence-corrected chi connectivity index (χ1v) is 13.8. The van der Waals surface area contributed by atoms with Crippen molar-refractivity contribution in [1.82, 2.24) is 5.01 Å². The number of nitrogens with zero attached hydrogens (tertiary/aromatic N) is 3. The Labute approximate surface area is 230 Å². The van der Waals surface area contributed by atoms with Gasteiger partial charge in [-0.1, -0.05) is 85.6 Å². The van der Waals surface area contributed by atoms with Crippen LogP contribution in [0.1, 0.15) is 35.6 Å². The van der Waals surface area contributed by atoms with Crippen LogP contribution in [0.25, 0.3) is 0 Å². The summed E-state index contributed by atoms with van der Waals surface area (Å²) in [7, 11) is 0. The van der Waals surface area contributed by atoms with Crippen LogP contribution in [0.15, 0.2) is 86.8 Å². The Hall–Kier alpha value is -2.75. The summed E-state index contributed by atoms with van der Waals surface area (Å²) in [5, 5.41) is 14.9. The molecule has 0 aliphatic carbocycles. The third-order valence-electron chi connectivity index (χ3n) is 6.20.